The maximum atomic E-state index is 14.0. The number of carbonyl (C=O) groups is 1. The second-order valence-electron chi connectivity index (χ2n) is 10.4. The zero-order chi connectivity index (χ0) is 29.6. The summed E-state index contributed by atoms with van der Waals surface area (Å²) in [6.45, 7) is 4.54. The topological polar surface area (TPSA) is 117 Å². The predicted octanol–water partition coefficient (Wildman–Crippen LogP) is 5.11. The van der Waals surface area contributed by atoms with Crippen molar-refractivity contribution in [2.75, 3.05) is 14.2 Å². The minimum absolute atomic E-state index is 0.279. The van der Waals surface area contributed by atoms with Crippen molar-refractivity contribution in [3.63, 3.8) is 0 Å². The maximum Gasteiger partial charge on any atom is 0.336 e. The molecule has 0 saturated carbocycles. The number of nitrogens with one attached hydrogen (secondary N) is 1. The number of tetrazole rings is 1. The summed E-state index contributed by atoms with van der Waals surface area (Å²) in [5.41, 5.74) is 4.83. The first-order valence-electron chi connectivity index (χ1n) is 13.8. The van der Waals surface area contributed by atoms with Gasteiger partial charge in [-0.3, -0.25) is 9.36 Å². The molecule has 0 unspecified atom stereocenters. The van der Waals surface area contributed by atoms with E-state index in [4.69, 9.17) is 9.47 Å². The van der Waals surface area contributed by atoms with Crippen LogP contribution in [0.3, 0.4) is 0 Å². The van der Waals surface area contributed by atoms with E-state index in [2.05, 4.69) is 34.5 Å². The molecule has 0 saturated heterocycles. The molecule has 5 aromatic rings. The van der Waals surface area contributed by atoms with Crippen molar-refractivity contribution in [1.82, 2.24) is 29.8 Å². The molecule has 216 valence electrons. The summed E-state index contributed by atoms with van der Waals surface area (Å²) in [6.07, 6.45) is 0.510. The van der Waals surface area contributed by atoms with Crippen molar-refractivity contribution in [2.24, 2.45) is 5.92 Å². The monoisotopic (exact) mass is 566 g/mol. The molecule has 1 N–H and O–H groups in total. The quantitative estimate of drug-likeness (QED) is 0.221. The molecule has 10 nitrogen and oxygen atoms in total. The molecule has 2 heterocycles. The van der Waals surface area contributed by atoms with Crippen LogP contribution < -0.4 is 5.69 Å². The van der Waals surface area contributed by atoms with Gasteiger partial charge in [-0.25, -0.2) is 9.36 Å². The van der Waals surface area contributed by atoms with Gasteiger partial charge in [0.05, 0.1) is 6.54 Å². The minimum atomic E-state index is -0.891. The molecule has 0 atom stereocenters. The standard InChI is InChI=1S/C32H34N6O4/c1-21(2)14-19-27-28(31(41-3)42-4)38(30(39)24-10-6-5-7-11-24)32(40)37(27)20-22-15-17-23(18-16-22)25-12-8-9-13-26(25)29-33-35-36-34-29/h5-13,15-18,21,31H,14,19-20H2,1-4H3,(H,33,34,35,36). The van der Waals surface area contributed by atoms with Crippen LogP contribution in [0.4, 0.5) is 0 Å². The van der Waals surface area contributed by atoms with Crippen molar-refractivity contribution >= 4 is 5.91 Å². The van der Waals surface area contributed by atoms with Gasteiger partial charge in [-0.15, -0.1) is 10.2 Å². The average molecular weight is 567 g/mol. The van der Waals surface area contributed by atoms with E-state index in [9.17, 15) is 9.59 Å². The summed E-state index contributed by atoms with van der Waals surface area (Å²) in [5.74, 6) is 0.475. The number of hydrogen-bond acceptors (Lipinski definition) is 7. The van der Waals surface area contributed by atoms with E-state index in [1.807, 2.05) is 54.6 Å². The Morgan fingerprint density at radius 3 is 2.19 bits per heavy atom. The van der Waals surface area contributed by atoms with Crippen LogP contribution in [0.2, 0.25) is 0 Å². The Balaban J connectivity index is 1.58. The predicted molar refractivity (Wildman–Crippen MR) is 159 cm³/mol. The smallest absolute Gasteiger partial charge is 0.336 e. The van der Waals surface area contributed by atoms with Crippen LogP contribution in [0.15, 0.2) is 83.7 Å². The van der Waals surface area contributed by atoms with Crippen molar-refractivity contribution in [3.05, 3.63) is 112 Å². The van der Waals surface area contributed by atoms with Gasteiger partial charge in [0.25, 0.3) is 5.91 Å². The first-order valence-corrected chi connectivity index (χ1v) is 13.8. The van der Waals surface area contributed by atoms with Crippen molar-refractivity contribution in [1.29, 1.82) is 0 Å². The normalized spacial score (nSPS) is 11.5. The molecule has 0 aliphatic carbocycles. The molecule has 5 rings (SSSR count). The van der Waals surface area contributed by atoms with Crippen LogP contribution >= 0.6 is 0 Å². The first-order chi connectivity index (χ1) is 20.4. The van der Waals surface area contributed by atoms with Gasteiger partial charge >= 0.3 is 5.69 Å². The average Bonchev–Trinajstić information content (AvgIpc) is 3.65. The van der Waals surface area contributed by atoms with Crippen molar-refractivity contribution in [2.45, 2.75) is 39.5 Å². The van der Waals surface area contributed by atoms with Crippen LogP contribution in [-0.2, 0) is 22.4 Å². The van der Waals surface area contributed by atoms with E-state index < -0.39 is 17.9 Å². The first kappa shape index (κ1) is 28.8. The van der Waals surface area contributed by atoms with E-state index >= 15 is 0 Å². The van der Waals surface area contributed by atoms with Gasteiger partial charge in [-0.05, 0) is 52.8 Å². The molecule has 0 fully saturated rings. The van der Waals surface area contributed by atoms with Crippen LogP contribution in [0.1, 0.15) is 53.9 Å². The van der Waals surface area contributed by atoms with Gasteiger partial charge in [0.2, 0.25) is 12.1 Å². The highest BCUT2D eigenvalue weighted by molar-refractivity contribution is 5.96. The lowest BCUT2D eigenvalue weighted by Crippen LogP contribution is -2.31. The molecule has 0 aliphatic heterocycles. The van der Waals surface area contributed by atoms with Crippen LogP contribution in [-0.4, -0.2) is 49.9 Å². The summed E-state index contributed by atoms with van der Waals surface area (Å²) in [6, 6.07) is 24.6. The molecule has 10 heteroatoms. The number of methoxy groups -OCH3 is 2. The lowest BCUT2D eigenvalue weighted by Gasteiger charge is -2.18. The number of H-pyrrole nitrogens is 1. The van der Waals surface area contributed by atoms with Crippen LogP contribution in [0.5, 0.6) is 0 Å². The minimum Gasteiger partial charge on any atom is -0.350 e. The Bertz CT molecular complexity index is 1690. The molecule has 0 spiro atoms. The maximum absolute atomic E-state index is 14.0. The van der Waals surface area contributed by atoms with Gasteiger partial charge in [0.1, 0.15) is 5.69 Å². The third-order valence-corrected chi connectivity index (χ3v) is 7.24. The van der Waals surface area contributed by atoms with E-state index in [1.165, 1.54) is 18.8 Å². The molecular formula is C32H34N6O4. The summed E-state index contributed by atoms with van der Waals surface area (Å²) < 4.78 is 14.1. The van der Waals surface area contributed by atoms with Gasteiger partial charge in [0.15, 0.2) is 0 Å². The zero-order valence-electron chi connectivity index (χ0n) is 24.2. The third kappa shape index (κ3) is 5.86. The number of rotatable bonds is 11. The number of imidazole rings is 1. The fourth-order valence-corrected chi connectivity index (χ4v) is 5.10. The summed E-state index contributed by atoms with van der Waals surface area (Å²) in [7, 11) is 3.01. The molecule has 0 aliphatic rings. The van der Waals surface area contributed by atoms with E-state index in [0.29, 0.717) is 29.4 Å². The summed E-state index contributed by atoms with van der Waals surface area (Å²) in [4.78, 5) is 27.8. The number of nitrogens with zero attached hydrogens (tertiary/aromatic N) is 5. The van der Waals surface area contributed by atoms with Gasteiger partial charge in [0, 0.05) is 31.0 Å². The fraction of sp³-hybridized carbons (Fsp3) is 0.281. The Kier molecular flexibility index (Phi) is 8.85. The number of ether oxygens (including phenoxy) is 2. The van der Waals surface area contributed by atoms with Crippen LogP contribution in [0.25, 0.3) is 22.5 Å². The number of aromatic nitrogens is 6. The number of hydrogen-bond donors (Lipinski definition) is 1. The highest BCUT2D eigenvalue weighted by Gasteiger charge is 2.30. The largest absolute Gasteiger partial charge is 0.350 e. The highest BCUT2D eigenvalue weighted by atomic mass is 16.7. The van der Waals surface area contributed by atoms with Crippen LogP contribution in [0, 0.1) is 5.92 Å². The molecule has 42 heavy (non-hydrogen) atoms. The van der Waals surface area contributed by atoms with Gasteiger partial charge in [-0.2, -0.15) is 5.21 Å². The number of aromatic amines is 1. The number of carbonyl (C=O) groups excluding carboxylic acids is 1. The van der Waals surface area contributed by atoms with Gasteiger partial charge < -0.3 is 9.47 Å². The van der Waals surface area contributed by atoms with E-state index in [-0.39, 0.29) is 6.54 Å². The Morgan fingerprint density at radius 1 is 0.905 bits per heavy atom. The van der Waals surface area contributed by atoms with Crippen molar-refractivity contribution < 1.29 is 14.3 Å². The molecule has 0 radical (unpaired) electrons. The number of benzene rings is 3. The lowest BCUT2D eigenvalue weighted by atomic mass is 9.98. The summed E-state index contributed by atoms with van der Waals surface area (Å²) in [5, 5.41) is 14.5. The molecule has 3 aromatic carbocycles. The van der Waals surface area contributed by atoms with E-state index in [0.717, 1.165) is 34.4 Å². The molecular weight excluding hydrogens is 532 g/mol. The second-order valence-corrected chi connectivity index (χ2v) is 10.4. The third-order valence-electron chi connectivity index (χ3n) is 7.24. The fourth-order valence-electron chi connectivity index (χ4n) is 5.10. The Labute approximate surface area is 243 Å². The van der Waals surface area contributed by atoms with Gasteiger partial charge in [-0.1, -0.05) is 80.6 Å². The summed E-state index contributed by atoms with van der Waals surface area (Å²) >= 11 is 0. The highest BCUT2D eigenvalue weighted by Crippen LogP contribution is 2.30. The second kappa shape index (κ2) is 12.9. The Morgan fingerprint density at radius 2 is 1.57 bits per heavy atom. The lowest BCUT2D eigenvalue weighted by molar-refractivity contribution is -0.110. The Hall–Kier alpha value is -4.67. The van der Waals surface area contributed by atoms with E-state index in [1.54, 1.807) is 28.8 Å². The zero-order valence-corrected chi connectivity index (χ0v) is 24.2. The van der Waals surface area contributed by atoms with Crippen molar-refractivity contribution in [3.8, 4) is 22.5 Å². The molecule has 0 amide bonds. The molecule has 2 aromatic heterocycles. The SMILES string of the molecule is COC(OC)c1c(CCC(C)C)n(Cc2ccc(-c3ccccc3-c3nn[nH]n3)cc2)c(=O)n1C(=O)c1ccccc1. The molecule has 0 bridgehead atoms.